The Hall–Kier alpha value is -3.32. The topological polar surface area (TPSA) is 58.6 Å². The molecule has 32 heavy (non-hydrogen) atoms. The van der Waals surface area contributed by atoms with E-state index in [4.69, 9.17) is 4.74 Å². The average molecular weight is 451 g/mol. The summed E-state index contributed by atoms with van der Waals surface area (Å²) in [6, 6.07) is 19.4. The summed E-state index contributed by atoms with van der Waals surface area (Å²) in [4.78, 5) is 26.4. The molecule has 7 heteroatoms. The molecule has 1 aliphatic heterocycles. The third-order valence-electron chi connectivity index (χ3n) is 5.23. The first-order valence-electron chi connectivity index (χ1n) is 10.2. The van der Waals surface area contributed by atoms with Gasteiger partial charge in [-0.25, -0.2) is 4.39 Å². The third kappa shape index (κ3) is 4.78. The van der Waals surface area contributed by atoms with Crippen molar-refractivity contribution in [1.82, 2.24) is 0 Å². The second-order valence-electron chi connectivity index (χ2n) is 7.58. The average Bonchev–Trinajstić information content (AvgIpc) is 3.17. The zero-order chi connectivity index (χ0) is 22.7. The van der Waals surface area contributed by atoms with Gasteiger partial charge in [0.25, 0.3) is 0 Å². The van der Waals surface area contributed by atoms with Crippen molar-refractivity contribution in [2.45, 2.75) is 18.7 Å². The van der Waals surface area contributed by atoms with Crippen LogP contribution in [0.1, 0.15) is 22.1 Å². The van der Waals surface area contributed by atoms with Crippen molar-refractivity contribution in [3.63, 3.8) is 0 Å². The van der Waals surface area contributed by atoms with Gasteiger partial charge in [-0.1, -0.05) is 30.3 Å². The molecule has 1 unspecified atom stereocenters. The molecule has 0 aliphatic carbocycles. The molecule has 3 aromatic carbocycles. The van der Waals surface area contributed by atoms with Crippen molar-refractivity contribution in [3.05, 3.63) is 89.2 Å². The molecule has 1 heterocycles. The number of thioether (sulfide) groups is 1. The van der Waals surface area contributed by atoms with Crippen LogP contribution in [0.15, 0.2) is 66.7 Å². The molecular weight excluding hydrogens is 427 g/mol. The SMILES string of the molecule is COc1ccc(CC(=O)Nc2ccc(C3SCC(=O)N3c3cc(C)ccc3F)cc2)cc1. The van der Waals surface area contributed by atoms with Gasteiger partial charge in [0.15, 0.2) is 0 Å². The van der Waals surface area contributed by atoms with Gasteiger partial charge in [-0.3, -0.25) is 14.5 Å². The lowest BCUT2D eigenvalue weighted by molar-refractivity contribution is -0.116. The minimum Gasteiger partial charge on any atom is -0.497 e. The molecule has 0 spiro atoms. The fourth-order valence-electron chi connectivity index (χ4n) is 3.60. The van der Waals surface area contributed by atoms with E-state index in [2.05, 4.69) is 5.32 Å². The van der Waals surface area contributed by atoms with Gasteiger partial charge >= 0.3 is 0 Å². The van der Waals surface area contributed by atoms with E-state index >= 15 is 0 Å². The number of nitrogens with zero attached hydrogens (tertiary/aromatic N) is 1. The fourth-order valence-corrected chi connectivity index (χ4v) is 4.77. The van der Waals surface area contributed by atoms with Crippen LogP contribution in [0.5, 0.6) is 5.75 Å². The summed E-state index contributed by atoms with van der Waals surface area (Å²) in [6.45, 7) is 1.87. The highest BCUT2D eigenvalue weighted by Gasteiger charge is 2.35. The first kappa shape index (κ1) is 21.9. The molecule has 2 amide bonds. The molecule has 1 aliphatic rings. The largest absolute Gasteiger partial charge is 0.497 e. The lowest BCUT2D eigenvalue weighted by Crippen LogP contribution is -2.28. The molecule has 1 atom stereocenters. The van der Waals surface area contributed by atoms with Gasteiger partial charge in [-0.15, -0.1) is 11.8 Å². The first-order chi connectivity index (χ1) is 15.4. The molecule has 1 N–H and O–H groups in total. The Morgan fingerprint density at radius 3 is 2.53 bits per heavy atom. The van der Waals surface area contributed by atoms with Crippen molar-refractivity contribution >= 4 is 35.0 Å². The van der Waals surface area contributed by atoms with E-state index in [0.717, 1.165) is 22.4 Å². The number of carbonyl (C=O) groups is 2. The Morgan fingerprint density at radius 1 is 1.12 bits per heavy atom. The summed E-state index contributed by atoms with van der Waals surface area (Å²) in [5.41, 5.74) is 3.60. The number of benzene rings is 3. The highest BCUT2D eigenvalue weighted by molar-refractivity contribution is 8.00. The van der Waals surface area contributed by atoms with Crippen LogP contribution in [0.4, 0.5) is 15.8 Å². The normalized spacial score (nSPS) is 15.7. The Bertz CT molecular complexity index is 1130. The lowest BCUT2D eigenvalue weighted by Gasteiger charge is -2.25. The Morgan fingerprint density at radius 2 is 1.84 bits per heavy atom. The summed E-state index contributed by atoms with van der Waals surface area (Å²) in [5, 5.41) is 2.57. The highest BCUT2D eigenvalue weighted by Crippen LogP contribution is 2.43. The highest BCUT2D eigenvalue weighted by atomic mass is 32.2. The van der Waals surface area contributed by atoms with Crippen LogP contribution in [-0.2, 0) is 16.0 Å². The number of anilines is 2. The lowest BCUT2D eigenvalue weighted by atomic mass is 10.1. The van der Waals surface area contributed by atoms with E-state index in [1.807, 2.05) is 43.3 Å². The van der Waals surface area contributed by atoms with Crippen LogP contribution in [0.2, 0.25) is 0 Å². The maximum atomic E-state index is 14.5. The second kappa shape index (κ2) is 9.44. The van der Waals surface area contributed by atoms with Gasteiger partial charge in [0.05, 0.1) is 25.0 Å². The third-order valence-corrected chi connectivity index (χ3v) is 6.44. The van der Waals surface area contributed by atoms with Crippen LogP contribution in [0.25, 0.3) is 0 Å². The zero-order valence-electron chi connectivity index (χ0n) is 17.8. The molecule has 0 saturated carbocycles. The maximum absolute atomic E-state index is 14.5. The molecule has 4 rings (SSSR count). The number of nitrogens with one attached hydrogen (secondary N) is 1. The minimum atomic E-state index is -0.418. The summed E-state index contributed by atoms with van der Waals surface area (Å²) < 4.78 is 19.6. The van der Waals surface area contributed by atoms with Crippen LogP contribution >= 0.6 is 11.8 Å². The molecule has 164 valence electrons. The van der Waals surface area contributed by atoms with Crippen LogP contribution < -0.4 is 15.0 Å². The van der Waals surface area contributed by atoms with Crippen molar-refractivity contribution < 1.29 is 18.7 Å². The van der Waals surface area contributed by atoms with Gasteiger partial charge in [0, 0.05) is 5.69 Å². The summed E-state index contributed by atoms with van der Waals surface area (Å²) >= 11 is 1.46. The maximum Gasteiger partial charge on any atom is 0.238 e. The van der Waals surface area contributed by atoms with Crippen molar-refractivity contribution in [1.29, 1.82) is 0 Å². The Kier molecular flexibility index (Phi) is 6.46. The number of methoxy groups -OCH3 is 1. The van der Waals surface area contributed by atoms with Crippen LogP contribution in [0, 0.1) is 12.7 Å². The smallest absolute Gasteiger partial charge is 0.238 e. The number of rotatable bonds is 6. The van der Waals surface area contributed by atoms with E-state index in [1.54, 1.807) is 31.4 Å². The summed E-state index contributed by atoms with van der Waals surface area (Å²) in [7, 11) is 1.60. The van der Waals surface area contributed by atoms with Crippen molar-refractivity contribution in [3.8, 4) is 5.75 Å². The number of aryl methyl sites for hydroxylation is 1. The molecule has 0 aromatic heterocycles. The summed E-state index contributed by atoms with van der Waals surface area (Å²) in [6.07, 6.45) is 0.249. The Labute approximate surface area is 190 Å². The first-order valence-corrected chi connectivity index (χ1v) is 11.2. The van der Waals surface area contributed by atoms with Crippen LogP contribution in [-0.4, -0.2) is 24.7 Å². The van der Waals surface area contributed by atoms with E-state index in [1.165, 1.54) is 22.7 Å². The zero-order valence-corrected chi connectivity index (χ0v) is 18.6. The predicted octanol–water partition coefficient (Wildman–Crippen LogP) is 5.10. The van der Waals surface area contributed by atoms with Gasteiger partial charge in [-0.05, 0) is 60.0 Å². The summed E-state index contributed by atoms with van der Waals surface area (Å²) in [5.74, 6) is 0.364. The number of carbonyl (C=O) groups excluding carboxylic acids is 2. The molecular formula is C25H23FN2O3S. The van der Waals surface area contributed by atoms with Crippen LogP contribution in [0.3, 0.4) is 0 Å². The molecule has 3 aromatic rings. The van der Waals surface area contributed by atoms with E-state index in [9.17, 15) is 14.0 Å². The van der Waals surface area contributed by atoms with Crippen molar-refractivity contribution in [2.24, 2.45) is 0 Å². The fraction of sp³-hybridized carbons (Fsp3) is 0.200. The van der Waals surface area contributed by atoms with Gasteiger partial charge in [0.1, 0.15) is 16.9 Å². The molecule has 1 fully saturated rings. The van der Waals surface area contributed by atoms with Crippen molar-refractivity contribution in [2.75, 3.05) is 23.1 Å². The van der Waals surface area contributed by atoms with E-state index in [-0.39, 0.29) is 23.6 Å². The predicted molar refractivity (Wildman–Crippen MR) is 126 cm³/mol. The molecule has 5 nitrogen and oxygen atoms in total. The molecule has 1 saturated heterocycles. The number of ether oxygens (including phenoxy) is 1. The van der Waals surface area contributed by atoms with Gasteiger partial charge < -0.3 is 10.1 Å². The van der Waals surface area contributed by atoms with Gasteiger partial charge in [0.2, 0.25) is 11.8 Å². The van der Waals surface area contributed by atoms with Gasteiger partial charge in [-0.2, -0.15) is 0 Å². The molecule has 0 bridgehead atoms. The van der Waals surface area contributed by atoms with E-state index in [0.29, 0.717) is 17.1 Å². The van der Waals surface area contributed by atoms with E-state index < -0.39 is 5.82 Å². The number of amides is 2. The number of halogens is 1. The number of hydrogen-bond donors (Lipinski definition) is 1. The standard InChI is InChI=1S/C25H23FN2O3S/c1-16-3-12-21(26)22(13-16)28-24(30)15-32-25(28)18-6-8-19(9-7-18)27-23(29)14-17-4-10-20(31-2)11-5-17/h3-13,25H,14-15H2,1-2H3,(H,27,29). The quantitative estimate of drug-likeness (QED) is 0.568. The second-order valence-corrected chi connectivity index (χ2v) is 8.65. The monoisotopic (exact) mass is 450 g/mol. The minimum absolute atomic E-state index is 0.124. The Balaban J connectivity index is 1.46. The number of hydrogen-bond acceptors (Lipinski definition) is 4. The molecule has 0 radical (unpaired) electrons.